The fraction of sp³-hybridized carbons (Fsp3) is 0.429. The van der Waals surface area contributed by atoms with Gasteiger partial charge in [0.1, 0.15) is 10.3 Å². The summed E-state index contributed by atoms with van der Waals surface area (Å²) in [6.07, 6.45) is 4.99. The number of hydrogen-bond acceptors (Lipinski definition) is 6. The molecule has 1 atom stereocenters. The Bertz CT molecular complexity index is 675. The summed E-state index contributed by atoms with van der Waals surface area (Å²) >= 11 is 1.04. The van der Waals surface area contributed by atoms with E-state index in [2.05, 4.69) is 16.0 Å². The molecular formula is C14H18N2O5S2. The fourth-order valence-corrected chi connectivity index (χ4v) is 3.87. The van der Waals surface area contributed by atoms with Crippen molar-refractivity contribution in [3.63, 3.8) is 0 Å². The van der Waals surface area contributed by atoms with Crippen LogP contribution in [0.3, 0.4) is 0 Å². The Morgan fingerprint density at radius 3 is 2.65 bits per heavy atom. The first kappa shape index (κ1) is 19.2. The van der Waals surface area contributed by atoms with Gasteiger partial charge in [0.15, 0.2) is 6.61 Å². The third kappa shape index (κ3) is 6.02. The lowest BCUT2D eigenvalue weighted by molar-refractivity contribution is -0.151. The molecule has 1 amide bonds. The smallest absolute Gasteiger partial charge is 0.324 e. The van der Waals surface area contributed by atoms with Crippen LogP contribution in [0.25, 0.3) is 0 Å². The van der Waals surface area contributed by atoms with Gasteiger partial charge in [-0.25, -0.2) is 8.42 Å². The van der Waals surface area contributed by atoms with Crippen molar-refractivity contribution in [1.29, 1.82) is 0 Å². The van der Waals surface area contributed by atoms with E-state index < -0.39 is 34.5 Å². The van der Waals surface area contributed by atoms with E-state index in [9.17, 15) is 18.0 Å². The number of ether oxygens (including phenoxy) is 1. The van der Waals surface area contributed by atoms with Gasteiger partial charge in [0.2, 0.25) is 0 Å². The summed E-state index contributed by atoms with van der Waals surface area (Å²) in [4.78, 5) is 23.4. The van der Waals surface area contributed by atoms with E-state index in [0.717, 1.165) is 11.3 Å². The van der Waals surface area contributed by atoms with Gasteiger partial charge in [0.05, 0.1) is 6.54 Å². The lowest BCUT2D eigenvalue weighted by Crippen LogP contribution is -2.45. The molecule has 1 rings (SSSR count). The Hall–Kier alpha value is -1.89. The molecule has 0 fully saturated rings. The number of hydrogen-bond donors (Lipinski definition) is 2. The van der Waals surface area contributed by atoms with Crippen molar-refractivity contribution in [2.45, 2.75) is 24.1 Å². The van der Waals surface area contributed by atoms with Gasteiger partial charge in [-0.1, -0.05) is 25.8 Å². The van der Waals surface area contributed by atoms with Crippen LogP contribution in [0.15, 0.2) is 21.7 Å². The van der Waals surface area contributed by atoms with Gasteiger partial charge in [-0.2, -0.15) is 4.72 Å². The minimum absolute atomic E-state index is 0.0228. The van der Waals surface area contributed by atoms with Crippen LogP contribution in [-0.2, 0) is 24.3 Å². The summed E-state index contributed by atoms with van der Waals surface area (Å²) in [6, 6.07) is 1.93. The minimum atomic E-state index is -3.82. The number of carbonyl (C=O) groups is 2. The van der Waals surface area contributed by atoms with Gasteiger partial charge >= 0.3 is 5.97 Å². The van der Waals surface area contributed by atoms with E-state index >= 15 is 0 Å². The molecule has 0 spiro atoms. The number of rotatable bonds is 8. The number of sulfonamides is 1. The molecule has 9 heteroatoms. The molecule has 0 unspecified atom stereocenters. The van der Waals surface area contributed by atoms with E-state index in [0.29, 0.717) is 0 Å². The van der Waals surface area contributed by atoms with Crippen molar-refractivity contribution in [2.24, 2.45) is 5.92 Å². The molecular weight excluding hydrogens is 340 g/mol. The standard InChI is InChI=1S/C14H18N2O5S2/c1-4-7-15-11(17)9-21-14(18)13(10(2)3)16-23(19,20)12-6-5-8-22-12/h1,5-6,8,10,13,16H,7,9H2,2-3H3,(H,15,17)/t13-/m1/s1. The van der Waals surface area contributed by atoms with E-state index in [1.165, 1.54) is 6.07 Å². The van der Waals surface area contributed by atoms with Gasteiger partial charge in [0, 0.05) is 0 Å². The van der Waals surface area contributed by atoms with Crippen molar-refractivity contribution in [2.75, 3.05) is 13.2 Å². The maximum absolute atomic E-state index is 12.2. The van der Waals surface area contributed by atoms with Crippen molar-refractivity contribution < 1.29 is 22.7 Å². The van der Waals surface area contributed by atoms with E-state index in [1.807, 2.05) is 0 Å². The summed E-state index contributed by atoms with van der Waals surface area (Å²) in [6.45, 7) is 2.84. The summed E-state index contributed by atoms with van der Waals surface area (Å²) in [5.74, 6) is 0.477. The molecule has 0 radical (unpaired) electrons. The molecule has 2 N–H and O–H groups in total. The number of amides is 1. The first-order valence-corrected chi connectivity index (χ1v) is 9.07. The number of nitrogens with one attached hydrogen (secondary N) is 2. The summed E-state index contributed by atoms with van der Waals surface area (Å²) in [7, 11) is -3.82. The van der Waals surface area contributed by atoms with Gasteiger partial charge in [-0.3, -0.25) is 9.59 Å². The predicted molar refractivity (Wildman–Crippen MR) is 86.1 cm³/mol. The molecule has 7 nitrogen and oxygen atoms in total. The highest BCUT2D eigenvalue weighted by Crippen LogP contribution is 2.17. The van der Waals surface area contributed by atoms with Crippen molar-refractivity contribution >= 4 is 33.2 Å². The SMILES string of the molecule is C#CCNC(=O)COC(=O)[C@H](NS(=O)(=O)c1cccs1)C(C)C. The molecule has 23 heavy (non-hydrogen) atoms. The normalized spacial score (nSPS) is 12.4. The van der Waals surface area contributed by atoms with Crippen molar-refractivity contribution in [3.05, 3.63) is 17.5 Å². The average molecular weight is 358 g/mol. The van der Waals surface area contributed by atoms with Crippen LogP contribution in [0.5, 0.6) is 0 Å². The van der Waals surface area contributed by atoms with Gasteiger partial charge in [0.25, 0.3) is 15.9 Å². The van der Waals surface area contributed by atoms with Crippen LogP contribution >= 0.6 is 11.3 Å². The quantitative estimate of drug-likeness (QED) is 0.516. The zero-order chi connectivity index (χ0) is 17.5. The van der Waals surface area contributed by atoms with Gasteiger partial charge < -0.3 is 10.1 Å². The molecule has 0 aliphatic rings. The molecule has 1 heterocycles. The summed E-state index contributed by atoms with van der Waals surface area (Å²) in [5.41, 5.74) is 0. The van der Waals surface area contributed by atoms with Crippen LogP contribution in [-0.4, -0.2) is 39.5 Å². The fourth-order valence-electron chi connectivity index (χ4n) is 1.53. The molecule has 0 aliphatic heterocycles. The van der Waals surface area contributed by atoms with Crippen molar-refractivity contribution in [1.82, 2.24) is 10.0 Å². The Labute approximate surface area is 139 Å². The second kappa shape index (κ2) is 8.67. The van der Waals surface area contributed by atoms with Crippen LogP contribution in [0.1, 0.15) is 13.8 Å². The third-order valence-electron chi connectivity index (χ3n) is 2.70. The molecule has 0 saturated carbocycles. The highest BCUT2D eigenvalue weighted by Gasteiger charge is 2.30. The minimum Gasteiger partial charge on any atom is -0.454 e. The molecule has 0 aromatic carbocycles. The Morgan fingerprint density at radius 1 is 1.43 bits per heavy atom. The molecule has 0 aliphatic carbocycles. The van der Waals surface area contributed by atoms with E-state index in [-0.39, 0.29) is 16.7 Å². The van der Waals surface area contributed by atoms with Crippen LogP contribution < -0.4 is 10.0 Å². The first-order chi connectivity index (χ1) is 10.8. The average Bonchev–Trinajstić information content (AvgIpc) is 3.03. The summed E-state index contributed by atoms with van der Waals surface area (Å²) in [5, 5.41) is 3.96. The van der Waals surface area contributed by atoms with Gasteiger partial charge in [-0.05, 0) is 17.4 Å². The highest BCUT2D eigenvalue weighted by atomic mass is 32.2. The monoisotopic (exact) mass is 358 g/mol. The number of esters is 1. The first-order valence-electron chi connectivity index (χ1n) is 6.70. The summed E-state index contributed by atoms with van der Waals surface area (Å²) < 4.78 is 31.6. The van der Waals surface area contributed by atoms with Crippen LogP contribution in [0.2, 0.25) is 0 Å². The Kier molecular flexibility index (Phi) is 7.22. The second-order valence-corrected chi connectivity index (χ2v) is 7.75. The third-order valence-corrected chi connectivity index (χ3v) is 5.53. The van der Waals surface area contributed by atoms with Crippen LogP contribution in [0, 0.1) is 18.3 Å². The second-order valence-electron chi connectivity index (χ2n) is 4.86. The molecule has 126 valence electrons. The molecule has 0 saturated heterocycles. The van der Waals surface area contributed by atoms with Crippen molar-refractivity contribution in [3.8, 4) is 12.3 Å². The Balaban J connectivity index is 2.70. The van der Waals surface area contributed by atoms with E-state index in [1.54, 1.807) is 25.3 Å². The number of terminal acetylenes is 1. The molecule has 1 aromatic heterocycles. The predicted octanol–water partition coefficient (Wildman–Crippen LogP) is 0.344. The molecule has 0 bridgehead atoms. The lowest BCUT2D eigenvalue weighted by atomic mass is 10.1. The zero-order valence-electron chi connectivity index (χ0n) is 12.7. The van der Waals surface area contributed by atoms with Gasteiger partial charge in [-0.15, -0.1) is 17.8 Å². The maximum Gasteiger partial charge on any atom is 0.324 e. The number of thiophene rings is 1. The largest absolute Gasteiger partial charge is 0.454 e. The Morgan fingerprint density at radius 2 is 2.13 bits per heavy atom. The number of carbonyl (C=O) groups excluding carboxylic acids is 2. The van der Waals surface area contributed by atoms with E-state index in [4.69, 9.17) is 11.2 Å². The highest BCUT2D eigenvalue weighted by molar-refractivity contribution is 7.91. The maximum atomic E-state index is 12.2. The topological polar surface area (TPSA) is 102 Å². The lowest BCUT2D eigenvalue weighted by Gasteiger charge is -2.20. The zero-order valence-corrected chi connectivity index (χ0v) is 14.4. The molecule has 1 aromatic rings. The van der Waals surface area contributed by atoms with Crippen LogP contribution in [0.4, 0.5) is 0 Å².